The predicted octanol–water partition coefficient (Wildman–Crippen LogP) is 5.58. The lowest BCUT2D eigenvalue weighted by molar-refractivity contribution is 0.598. The molecule has 0 heterocycles. The number of thioether (sulfide) groups is 1. The standard InChI is InChI=1S/C20H16ClNO2S2/c1-15-6-5-9-18(14-15)25-20(16-7-3-2-4-8-16)22-26(23,24)19-12-10-17(21)11-13-19/h2-14H,1H3. The molecule has 3 rings (SSSR count). The molecule has 0 fully saturated rings. The first-order chi connectivity index (χ1) is 12.4. The van der Waals surface area contributed by atoms with Crippen LogP contribution in [0.2, 0.25) is 5.02 Å². The van der Waals surface area contributed by atoms with Crippen molar-refractivity contribution in [2.45, 2.75) is 16.7 Å². The zero-order valence-corrected chi connectivity index (χ0v) is 16.4. The first-order valence-electron chi connectivity index (χ1n) is 7.84. The van der Waals surface area contributed by atoms with E-state index in [1.165, 1.54) is 23.9 Å². The van der Waals surface area contributed by atoms with Gasteiger partial charge in [-0.25, -0.2) is 0 Å². The molecule has 6 heteroatoms. The summed E-state index contributed by atoms with van der Waals surface area (Å²) in [5.74, 6) is 0. The Hall–Kier alpha value is -2.08. The van der Waals surface area contributed by atoms with Gasteiger partial charge in [0.05, 0.1) is 4.90 Å². The second-order valence-electron chi connectivity index (χ2n) is 5.61. The third kappa shape index (κ3) is 4.75. The summed E-state index contributed by atoms with van der Waals surface area (Å²) in [6, 6.07) is 23.2. The third-order valence-corrected chi connectivity index (χ3v) is 6.21. The van der Waals surface area contributed by atoms with Gasteiger partial charge in [-0.05, 0) is 43.3 Å². The number of sulfonamides is 1. The monoisotopic (exact) mass is 401 g/mol. The lowest BCUT2D eigenvalue weighted by Crippen LogP contribution is -2.03. The highest BCUT2D eigenvalue weighted by atomic mass is 35.5. The van der Waals surface area contributed by atoms with Crippen molar-refractivity contribution in [2.75, 3.05) is 0 Å². The van der Waals surface area contributed by atoms with Crippen molar-refractivity contribution in [1.29, 1.82) is 0 Å². The number of hydrogen-bond donors (Lipinski definition) is 0. The summed E-state index contributed by atoms with van der Waals surface area (Å²) in [6.45, 7) is 1.99. The molecule has 0 aliphatic carbocycles. The van der Waals surface area contributed by atoms with Crippen LogP contribution < -0.4 is 0 Å². The first-order valence-corrected chi connectivity index (χ1v) is 10.5. The maximum absolute atomic E-state index is 12.7. The second-order valence-corrected chi connectivity index (χ2v) is 8.71. The molecule has 0 saturated heterocycles. The van der Waals surface area contributed by atoms with Crippen molar-refractivity contribution in [1.82, 2.24) is 0 Å². The number of benzene rings is 3. The quantitative estimate of drug-likeness (QED) is 0.326. The van der Waals surface area contributed by atoms with Gasteiger partial charge in [0.2, 0.25) is 0 Å². The fraction of sp³-hybridized carbons (Fsp3) is 0.0500. The van der Waals surface area contributed by atoms with Crippen LogP contribution in [0.15, 0.2) is 93.1 Å². The highest BCUT2D eigenvalue weighted by Gasteiger charge is 2.16. The largest absolute Gasteiger partial charge is 0.283 e. The Balaban J connectivity index is 2.05. The van der Waals surface area contributed by atoms with Gasteiger partial charge < -0.3 is 0 Å². The Kier molecular flexibility index (Phi) is 5.81. The Morgan fingerprint density at radius 1 is 0.923 bits per heavy atom. The maximum Gasteiger partial charge on any atom is 0.283 e. The van der Waals surface area contributed by atoms with E-state index in [9.17, 15) is 8.42 Å². The molecule has 26 heavy (non-hydrogen) atoms. The molecule has 0 aliphatic rings. The minimum atomic E-state index is -3.85. The van der Waals surface area contributed by atoms with Gasteiger partial charge in [0, 0.05) is 15.5 Å². The molecule has 3 aromatic rings. The molecule has 3 aromatic carbocycles. The summed E-state index contributed by atoms with van der Waals surface area (Å²) in [7, 11) is -3.85. The van der Waals surface area contributed by atoms with E-state index in [1.807, 2.05) is 61.5 Å². The van der Waals surface area contributed by atoms with E-state index in [-0.39, 0.29) is 4.90 Å². The van der Waals surface area contributed by atoms with E-state index in [2.05, 4.69) is 4.40 Å². The van der Waals surface area contributed by atoms with Crippen LogP contribution in [0.3, 0.4) is 0 Å². The van der Waals surface area contributed by atoms with Gasteiger partial charge in [-0.15, -0.1) is 0 Å². The minimum Gasteiger partial charge on any atom is -0.199 e. The number of nitrogens with zero attached hydrogens (tertiary/aromatic N) is 1. The molecule has 0 unspecified atom stereocenters. The van der Waals surface area contributed by atoms with Crippen molar-refractivity contribution < 1.29 is 8.42 Å². The Labute approximate surface area is 162 Å². The lowest BCUT2D eigenvalue weighted by atomic mass is 10.2. The molecular weight excluding hydrogens is 386 g/mol. The van der Waals surface area contributed by atoms with Gasteiger partial charge in [-0.2, -0.15) is 12.8 Å². The Morgan fingerprint density at radius 2 is 1.62 bits per heavy atom. The summed E-state index contributed by atoms with van der Waals surface area (Å²) >= 11 is 7.18. The topological polar surface area (TPSA) is 46.5 Å². The Morgan fingerprint density at radius 3 is 2.27 bits per heavy atom. The van der Waals surface area contributed by atoms with E-state index in [4.69, 9.17) is 11.6 Å². The Bertz CT molecular complexity index is 1030. The van der Waals surface area contributed by atoms with Crippen LogP contribution >= 0.6 is 23.4 Å². The molecule has 0 spiro atoms. The second kappa shape index (κ2) is 8.08. The van der Waals surface area contributed by atoms with Gasteiger partial charge in [-0.3, -0.25) is 0 Å². The van der Waals surface area contributed by atoms with Crippen LogP contribution in [0.5, 0.6) is 0 Å². The number of halogens is 1. The lowest BCUT2D eigenvalue weighted by Gasteiger charge is -2.08. The molecule has 0 amide bonds. The average molecular weight is 402 g/mol. The first kappa shape index (κ1) is 18.7. The highest BCUT2D eigenvalue weighted by molar-refractivity contribution is 8.15. The van der Waals surface area contributed by atoms with Gasteiger partial charge >= 0.3 is 0 Å². The average Bonchev–Trinajstić information content (AvgIpc) is 2.62. The zero-order chi connectivity index (χ0) is 18.6. The molecule has 132 valence electrons. The summed E-state index contributed by atoms with van der Waals surface area (Å²) < 4.78 is 29.6. The summed E-state index contributed by atoms with van der Waals surface area (Å²) in [4.78, 5) is 1.04. The van der Waals surface area contributed by atoms with Crippen LogP contribution in [0.4, 0.5) is 0 Å². The number of aryl methyl sites for hydroxylation is 1. The third-order valence-electron chi connectivity index (χ3n) is 3.54. The predicted molar refractivity (Wildman–Crippen MR) is 109 cm³/mol. The normalized spacial score (nSPS) is 12.2. The summed E-state index contributed by atoms with van der Waals surface area (Å²) in [5, 5.41) is 0.900. The van der Waals surface area contributed by atoms with E-state index in [0.717, 1.165) is 16.0 Å². The smallest absolute Gasteiger partial charge is 0.199 e. The molecule has 0 aromatic heterocycles. The van der Waals surface area contributed by atoms with E-state index >= 15 is 0 Å². The van der Waals surface area contributed by atoms with Crippen molar-refractivity contribution in [2.24, 2.45) is 4.40 Å². The fourth-order valence-electron chi connectivity index (χ4n) is 2.27. The van der Waals surface area contributed by atoms with E-state index in [0.29, 0.717) is 10.1 Å². The van der Waals surface area contributed by atoms with Crippen molar-refractivity contribution >= 4 is 38.4 Å². The minimum absolute atomic E-state index is 0.111. The van der Waals surface area contributed by atoms with Crippen molar-refractivity contribution in [3.8, 4) is 0 Å². The van der Waals surface area contributed by atoms with Crippen LogP contribution in [0, 0.1) is 6.92 Å². The molecule has 0 aliphatic heterocycles. The van der Waals surface area contributed by atoms with Gasteiger partial charge in [0.1, 0.15) is 5.04 Å². The van der Waals surface area contributed by atoms with Gasteiger partial charge in [-0.1, -0.05) is 71.4 Å². The van der Waals surface area contributed by atoms with E-state index in [1.54, 1.807) is 12.1 Å². The van der Waals surface area contributed by atoms with Crippen LogP contribution in [-0.4, -0.2) is 13.5 Å². The van der Waals surface area contributed by atoms with Crippen molar-refractivity contribution in [3.05, 3.63) is 95.0 Å². The van der Waals surface area contributed by atoms with Crippen LogP contribution in [-0.2, 0) is 10.0 Å². The van der Waals surface area contributed by atoms with E-state index < -0.39 is 10.0 Å². The van der Waals surface area contributed by atoms with Crippen LogP contribution in [0.25, 0.3) is 0 Å². The number of hydrogen-bond acceptors (Lipinski definition) is 3. The maximum atomic E-state index is 12.7. The molecule has 0 bridgehead atoms. The molecular formula is C20H16ClNO2S2. The molecule has 0 atom stereocenters. The van der Waals surface area contributed by atoms with Crippen molar-refractivity contribution in [3.63, 3.8) is 0 Å². The highest BCUT2D eigenvalue weighted by Crippen LogP contribution is 2.27. The van der Waals surface area contributed by atoms with Gasteiger partial charge in [0.25, 0.3) is 10.0 Å². The van der Waals surface area contributed by atoms with Crippen LogP contribution in [0.1, 0.15) is 11.1 Å². The zero-order valence-electron chi connectivity index (χ0n) is 14.0. The molecule has 0 radical (unpaired) electrons. The SMILES string of the molecule is Cc1cccc(SC(=NS(=O)(=O)c2ccc(Cl)cc2)c2ccccc2)c1. The van der Waals surface area contributed by atoms with Gasteiger partial charge in [0.15, 0.2) is 0 Å². The number of rotatable bonds is 4. The fourth-order valence-corrected chi connectivity index (χ4v) is 4.62. The molecule has 3 nitrogen and oxygen atoms in total. The summed E-state index contributed by atoms with van der Waals surface area (Å²) in [6.07, 6.45) is 0. The summed E-state index contributed by atoms with van der Waals surface area (Å²) in [5.41, 5.74) is 1.85. The molecule has 0 N–H and O–H groups in total. The molecule has 0 saturated carbocycles.